The molecule has 0 fully saturated rings. The number of benzene rings is 8. The molecule has 0 saturated heterocycles. The fraction of sp³-hybridized carbons (Fsp3) is 0.429. The molecule has 1 atom stereocenters. The topological polar surface area (TPSA) is 68.8 Å². The van der Waals surface area contributed by atoms with Crippen molar-refractivity contribution in [2.24, 2.45) is 10.8 Å². The summed E-state index contributed by atoms with van der Waals surface area (Å²) in [5, 5.41) is 30.5. The van der Waals surface area contributed by atoms with E-state index in [0.717, 1.165) is 67.6 Å². The molecular formula is C84H102F2N2O4. The Morgan fingerprint density at radius 3 is 1.01 bits per heavy atom. The van der Waals surface area contributed by atoms with Crippen molar-refractivity contribution in [3.05, 3.63) is 178 Å². The standard InChI is InChI=1S/C84H102F2N2O4/c1-50(92-76-58(27-25-29-66(76)86)64-45-56(84(22,23)49-78(5,6)7)47-72(74(64)90)88-69-36-32-53(81(14,15)16)42-61(69)62-43-54(82(17,18)19)33-37-70(62)88)38-39-91-75-57(26-24-28-65(75)85)63-44-55(83(20,21)48-77(2,3)4)46-71(73(63)89)87-67-34-30-51(79(8,9)10)40-59(67)60-41-52(80(11,12)13)31-35-68(60)87/h24-37,40-47,50,89-90H,38-39,48-49H2,1-23H3. The molecule has 10 rings (SSSR count). The van der Waals surface area contributed by atoms with Crippen molar-refractivity contribution >= 4 is 43.6 Å². The van der Waals surface area contributed by atoms with Crippen LogP contribution in [0.4, 0.5) is 8.78 Å². The predicted octanol–water partition coefficient (Wildman–Crippen LogP) is 23.8. The fourth-order valence-corrected chi connectivity index (χ4v) is 14.4. The number of halogens is 2. The second-order valence-electron chi connectivity index (χ2n) is 34.4. The average Bonchev–Trinajstić information content (AvgIpc) is 1.54. The highest BCUT2D eigenvalue weighted by molar-refractivity contribution is 6.11. The van der Waals surface area contributed by atoms with Gasteiger partial charge in [0.2, 0.25) is 0 Å². The molecule has 8 aromatic carbocycles. The van der Waals surface area contributed by atoms with E-state index in [-0.39, 0.29) is 73.9 Å². The Balaban J connectivity index is 1.05. The molecule has 0 saturated carbocycles. The van der Waals surface area contributed by atoms with Crippen LogP contribution < -0.4 is 9.47 Å². The molecule has 8 heteroatoms. The van der Waals surface area contributed by atoms with Crippen molar-refractivity contribution < 1.29 is 28.5 Å². The smallest absolute Gasteiger partial charge is 0.165 e. The van der Waals surface area contributed by atoms with Crippen LogP contribution in [0.3, 0.4) is 0 Å². The molecule has 6 nitrogen and oxygen atoms in total. The third-order valence-corrected chi connectivity index (χ3v) is 18.8. The van der Waals surface area contributed by atoms with Gasteiger partial charge in [-0.25, -0.2) is 8.78 Å². The number of phenolic OH excluding ortho intramolecular Hbond substituents is 2. The van der Waals surface area contributed by atoms with Gasteiger partial charge in [-0.15, -0.1) is 0 Å². The third kappa shape index (κ3) is 13.3. The Kier molecular flexibility index (Phi) is 17.2. The maximum Gasteiger partial charge on any atom is 0.165 e. The summed E-state index contributed by atoms with van der Waals surface area (Å²) in [5.74, 6) is -1.18. The Hall–Kier alpha value is -7.58. The predicted molar refractivity (Wildman–Crippen MR) is 385 cm³/mol. The van der Waals surface area contributed by atoms with Gasteiger partial charge in [-0.3, -0.25) is 0 Å². The molecule has 92 heavy (non-hydrogen) atoms. The van der Waals surface area contributed by atoms with E-state index in [1.54, 1.807) is 12.1 Å². The number of hydrogen-bond acceptors (Lipinski definition) is 4. The first-order valence-electron chi connectivity index (χ1n) is 33.2. The van der Waals surface area contributed by atoms with E-state index in [1.807, 2.05) is 31.2 Å². The number of para-hydroxylation sites is 2. The lowest BCUT2D eigenvalue weighted by Gasteiger charge is -2.34. The SMILES string of the molecule is CC(CCOc1c(F)cccc1-c1cc(C(C)(C)CC(C)(C)C)cc(-n2c3ccc(C(C)(C)C)cc3c3cc(C(C)(C)C)ccc32)c1O)Oc1c(F)cccc1-c1cc(C(C)(C)CC(C)(C)C)cc(-n2c3ccc(C(C)(C)C)cc3c3cc(C(C)(C)C)ccc32)c1O. The van der Waals surface area contributed by atoms with Crippen molar-refractivity contribution in [1.82, 2.24) is 9.13 Å². The Morgan fingerprint density at radius 2 is 0.696 bits per heavy atom. The number of aromatic hydroxyl groups is 2. The van der Waals surface area contributed by atoms with Crippen LogP contribution in [0, 0.1) is 22.5 Å². The highest BCUT2D eigenvalue weighted by Crippen LogP contribution is 2.51. The van der Waals surface area contributed by atoms with E-state index >= 15 is 8.78 Å². The number of nitrogens with zero attached hydrogens (tertiary/aromatic N) is 2. The molecule has 2 heterocycles. The lowest BCUT2D eigenvalue weighted by molar-refractivity contribution is 0.169. The zero-order valence-electron chi connectivity index (χ0n) is 59.5. The second kappa shape index (κ2) is 23.5. The highest BCUT2D eigenvalue weighted by Gasteiger charge is 2.35. The quantitative estimate of drug-likeness (QED) is 0.114. The summed E-state index contributed by atoms with van der Waals surface area (Å²) in [6.45, 7) is 51.0. The maximum atomic E-state index is 16.9. The monoisotopic (exact) mass is 1240 g/mol. The largest absolute Gasteiger partial charge is 0.505 e. The van der Waals surface area contributed by atoms with E-state index in [9.17, 15) is 10.2 Å². The summed E-state index contributed by atoms with van der Waals surface area (Å²) in [7, 11) is 0. The number of phenols is 2. The minimum Gasteiger partial charge on any atom is -0.505 e. The van der Waals surface area contributed by atoms with E-state index in [2.05, 4.69) is 246 Å². The number of rotatable bonds is 14. The van der Waals surface area contributed by atoms with Gasteiger partial charge < -0.3 is 28.8 Å². The zero-order chi connectivity index (χ0) is 67.5. The minimum absolute atomic E-state index is 0.00194. The van der Waals surface area contributed by atoms with Crippen LogP contribution in [0.2, 0.25) is 0 Å². The van der Waals surface area contributed by atoms with Crippen LogP contribution in [-0.4, -0.2) is 32.1 Å². The van der Waals surface area contributed by atoms with Crippen LogP contribution >= 0.6 is 0 Å². The summed E-state index contributed by atoms with van der Waals surface area (Å²) < 4.78 is 51.3. The van der Waals surface area contributed by atoms with Crippen LogP contribution in [-0.2, 0) is 32.5 Å². The van der Waals surface area contributed by atoms with Gasteiger partial charge in [0.1, 0.15) is 11.5 Å². The minimum atomic E-state index is -0.649. The van der Waals surface area contributed by atoms with Gasteiger partial charge in [0.15, 0.2) is 23.1 Å². The molecule has 0 aliphatic carbocycles. The van der Waals surface area contributed by atoms with E-state index < -0.39 is 23.2 Å². The van der Waals surface area contributed by atoms with Gasteiger partial charge in [-0.1, -0.05) is 201 Å². The van der Waals surface area contributed by atoms with E-state index in [0.29, 0.717) is 33.6 Å². The fourth-order valence-electron chi connectivity index (χ4n) is 14.4. The molecule has 0 spiro atoms. The van der Waals surface area contributed by atoms with Crippen molar-refractivity contribution in [2.45, 2.75) is 217 Å². The first-order valence-corrected chi connectivity index (χ1v) is 33.2. The van der Waals surface area contributed by atoms with Crippen molar-refractivity contribution in [3.63, 3.8) is 0 Å². The van der Waals surface area contributed by atoms with Gasteiger partial charge in [-0.05, 0) is 181 Å². The van der Waals surface area contributed by atoms with Gasteiger partial charge in [0, 0.05) is 50.2 Å². The molecule has 486 valence electrons. The van der Waals surface area contributed by atoms with Crippen molar-refractivity contribution in [3.8, 4) is 56.6 Å². The molecule has 10 aromatic rings. The molecule has 1 unspecified atom stereocenters. The average molecular weight is 1240 g/mol. The summed E-state index contributed by atoms with van der Waals surface area (Å²) in [6.07, 6.45) is 1.24. The maximum absolute atomic E-state index is 16.9. The molecule has 0 amide bonds. The second-order valence-corrected chi connectivity index (χ2v) is 34.4. The zero-order valence-corrected chi connectivity index (χ0v) is 59.5. The third-order valence-electron chi connectivity index (χ3n) is 18.8. The number of aromatic nitrogens is 2. The van der Waals surface area contributed by atoms with E-state index in [4.69, 9.17) is 9.47 Å². The highest BCUT2D eigenvalue weighted by atomic mass is 19.1. The van der Waals surface area contributed by atoms with Crippen LogP contribution in [0.1, 0.15) is 212 Å². The van der Waals surface area contributed by atoms with Crippen LogP contribution in [0.15, 0.2) is 133 Å². The molecule has 0 aliphatic rings. The molecule has 0 bridgehead atoms. The van der Waals surface area contributed by atoms with Gasteiger partial charge in [0.25, 0.3) is 0 Å². The number of ether oxygens (including phenoxy) is 2. The molecule has 2 aromatic heterocycles. The van der Waals surface area contributed by atoms with Crippen molar-refractivity contribution in [1.29, 1.82) is 0 Å². The first-order chi connectivity index (χ1) is 42.4. The normalized spacial score (nSPS) is 13.7. The molecule has 2 N–H and O–H groups in total. The Bertz CT molecular complexity index is 4330. The number of hydrogen-bond donors (Lipinski definition) is 2. The molecular weight excluding hydrogens is 1140 g/mol. The lowest BCUT2D eigenvalue weighted by atomic mass is 9.71. The summed E-state index contributed by atoms with van der Waals surface area (Å²) in [5.41, 5.74) is 12.2. The molecule has 0 radical (unpaired) electrons. The van der Waals surface area contributed by atoms with Crippen LogP contribution in [0.5, 0.6) is 23.0 Å². The Morgan fingerprint density at radius 1 is 0.380 bits per heavy atom. The van der Waals surface area contributed by atoms with Crippen molar-refractivity contribution in [2.75, 3.05) is 6.61 Å². The summed E-state index contributed by atoms with van der Waals surface area (Å²) in [4.78, 5) is 0. The molecule has 0 aliphatic heterocycles. The Labute approximate surface area is 548 Å². The summed E-state index contributed by atoms with van der Waals surface area (Å²) in [6, 6.07) is 44.6. The van der Waals surface area contributed by atoms with Gasteiger partial charge in [0.05, 0.1) is 46.2 Å². The lowest BCUT2D eigenvalue weighted by Crippen LogP contribution is -2.25. The van der Waals surface area contributed by atoms with Gasteiger partial charge in [-0.2, -0.15) is 0 Å². The van der Waals surface area contributed by atoms with Crippen LogP contribution in [0.25, 0.3) is 77.2 Å². The van der Waals surface area contributed by atoms with Gasteiger partial charge >= 0.3 is 0 Å². The first kappa shape index (κ1) is 67.3. The summed E-state index contributed by atoms with van der Waals surface area (Å²) >= 11 is 0. The number of fused-ring (bicyclic) bond motifs is 6. The van der Waals surface area contributed by atoms with E-state index in [1.165, 1.54) is 34.4 Å².